The number of aromatic nitrogens is 3. The van der Waals surface area contributed by atoms with Crippen LogP contribution in [0.2, 0.25) is 0 Å². The first-order valence-corrected chi connectivity index (χ1v) is 8.45. The molecule has 25 heavy (non-hydrogen) atoms. The summed E-state index contributed by atoms with van der Waals surface area (Å²) in [5, 5.41) is 8.68. The molecule has 4 rings (SSSR count). The predicted molar refractivity (Wildman–Crippen MR) is 101 cm³/mol. The van der Waals surface area contributed by atoms with E-state index in [4.69, 9.17) is 9.51 Å². The Balaban J connectivity index is 1.97. The van der Waals surface area contributed by atoms with Gasteiger partial charge in [-0.2, -0.15) is 0 Å². The summed E-state index contributed by atoms with van der Waals surface area (Å²) in [7, 11) is 0. The van der Waals surface area contributed by atoms with Crippen molar-refractivity contribution >= 4 is 22.4 Å². The Bertz CT molecular complexity index is 1080. The number of nitrogens with one attached hydrogen (secondary N) is 1. The van der Waals surface area contributed by atoms with Gasteiger partial charge in [-0.15, -0.1) is 0 Å². The summed E-state index contributed by atoms with van der Waals surface area (Å²) in [6, 6.07) is 10.3. The van der Waals surface area contributed by atoms with E-state index >= 15 is 0 Å². The van der Waals surface area contributed by atoms with Gasteiger partial charge in [-0.1, -0.05) is 5.16 Å². The first-order valence-electron chi connectivity index (χ1n) is 8.45. The molecule has 0 aliphatic carbocycles. The van der Waals surface area contributed by atoms with Gasteiger partial charge in [-0.25, -0.2) is 4.98 Å². The molecule has 0 radical (unpaired) electrons. The highest BCUT2D eigenvalue weighted by atomic mass is 16.5. The molecule has 0 saturated carbocycles. The molecular formula is C20H22N4O. The lowest BCUT2D eigenvalue weighted by atomic mass is 10.1. The van der Waals surface area contributed by atoms with Gasteiger partial charge in [0.1, 0.15) is 17.2 Å². The maximum absolute atomic E-state index is 5.33. The molecule has 0 atom stereocenters. The number of rotatable bonds is 2. The minimum atomic E-state index is -0.0766. The summed E-state index contributed by atoms with van der Waals surface area (Å²) >= 11 is 0. The second-order valence-electron chi connectivity index (χ2n) is 7.60. The van der Waals surface area contributed by atoms with E-state index in [-0.39, 0.29) is 5.54 Å². The topological polar surface area (TPSA) is 55.4 Å². The molecule has 0 amide bonds. The summed E-state index contributed by atoms with van der Waals surface area (Å²) < 4.78 is 7.44. The van der Waals surface area contributed by atoms with Gasteiger partial charge in [0.25, 0.3) is 0 Å². The number of fused-ring (bicyclic) bond motifs is 2. The van der Waals surface area contributed by atoms with Gasteiger partial charge in [0.05, 0.1) is 5.69 Å². The van der Waals surface area contributed by atoms with Crippen LogP contribution in [0.25, 0.3) is 27.9 Å². The van der Waals surface area contributed by atoms with Crippen LogP contribution in [0.5, 0.6) is 0 Å². The van der Waals surface area contributed by atoms with Crippen LogP contribution in [0, 0.1) is 13.8 Å². The first-order chi connectivity index (χ1) is 11.8. The molecule has 3 heterocycles. The largest absolute Gasteiger partial charge is 0.365 e. The maximum atomic E-state index is 5.33. The third-order valence-electron chi connectivity index (χ3n) is 4.20. The Labute approximate surface area is 146 Å². The van der Waals surface area contributed by atoms with Crippen molar-refractivity contribution in [1.29, 1.82) is 0 Å². The van der Waals surface area contributed by atoms with E-state index in [2.05, 4.69) is 67.0 Å². The second-order valence-corrected chi connectivity index (χ2v) is 7.60. The lowest BCUT2D eigenvalue weighted by Crippen LogP contribution is -2.27. The number of hydrogen-bond donors (Lipinski definition) is 1. The smallest absolute Gasteiger partial charge is 0.167 e. The van der Waals surface area contributed by atoms with Gasteiger partial charge in [0.15, 0.2) is 5.58 Å². The van der Waals surface area contributed by atoms with Crippen molar-refractivity contribution in [2.75, 3.05) is 5.32 Å². The van der Waals surface area contributed by atoms with E-state index in [1.807, 2.05) is 19.1 Å². The van der Waals surface area contributed by atoms with Crippen molar-refractivity contribution in [3.63, 3.8) is 0 Å². The number of hydrogen-bond acceptors (Lipinski definition) is 4. The van der Waals surface area contributed by atoms with Gasteiger partial charge < -0.3 is 9.84 Å². The Morgan fingerprint density at radius 3 is 2.64 bits per heavy atom. The Morgan fingerprint density at radius 1 is 1.08 bits per heavy atom. The van der Waals surface area contributed by atoms with Crippen LogP contribution < -0.4 is 5.32 Å². The quantitative estimate of drug-likeness (QED) is 0.562. The van der Waals surface area contributed by atoms with E-state index in [1.165, 1.54) is 5.56 Å². The second kappa shape index (κ2) is 5.34. The van der Waals surface area contributed by atoms with E-state index < -0.39 is 0 Å². The highest BCUT2D eigenvalue weighted by molar-refractivity contribution is 5.87. The van der Waals surface area contributed by atoms with Crippen molar-refractivity contribution < 1.29 is 4.52 Å². The molecular weight excluding hydrogens is 312 g/mol. The van der Waals surface area contributed by atoms with Crippen molar-refractivity contribution in [2.45, 2.75) is 40.2 Å². The van der Waals surface area contributed by atoms with Gasteiger partial charge in [0.2, 0.25) is 0 Å². The summed E-state index contributed by atoms with van der Waals surface area (Å²) in [5.74, 6) is 0.996. The van der Waals surface area contributed by atoms with Gasteiger partial charge >= 0.3 is 0 Å². The number of anilines is 1. The molecule has 5 nitrogen and oxygen atoms in total. The predicted octanol–water partition coefficient (Wildman–Crippen LogP) is 4.97. The molecule has 0 aliphatic heterocycles. The van der Waals surface area contributed by atoms with Crippen LogP contribution in [0.15, 0.2) is 41.1 Å². The molecule has 5 heteroatoms. The van der Waals surface area contributed by atoms with Crippen LogP contribution in [-0.4, -0.2) is 20.1 Å². The van der Waals surface area contributed by atoms with Crippen LogP contribution in [-0.2, 0) is 0 Å². The first kappa shape index (κ1) is 15.7. The molecule has 0 bridgehead atoms. The monoisotopic (exact) mass is 334 g/mol. The zero-order valence-electron chi connectivity index (χ0n) is 15.2. The SMILES string of the molecule is Cc1ccn2c(NC(C)(C)C)c(-c3ccc4onc(C)c4c3)nc2c1. The number of aryl methyl sites for hydroxylation is 2. The van der Waals surface area contributed by atoms with Gasteiger partial charge in [0, 0.05) is 22.7 Å². The molecule has 3 aromatic heterocycles. The Morgan fingerprint density at radius 2 is 1.88 bits per heavy atom. The van der Waals surface area contributed by atoms with Crippen LogP contribution in [0.1, 0.15) is 32.0 Å². The molecule has 128 valence electrons. The molecule has 0 unspecified atom stereocenters. The average molecular weight is 334 g/mol. The number of benzene rings is 1. The number of pyridine rings is 1. The van der Waals surface area contributed by atoms with Crippen LogP contribution >= 0.6 is 0 Å². The maximum Gasteiger partial charge on any atom is 0.167 e. The van der Waals surface area contributed by atoms with E-state index in [0.29, 0.717) is 0 Å². The molecule has 0 spiro atoms. The Hall–Kier alpha value is -2.82. The van der Waals surface area contributed by atoms with Crippen molar-refractivity contribution in [3.8, 4) is 11.3 Å². The van der Waals surface area contributed by atoms with Gasteiger partial charge in [-0.3, -0.25) is 4.40 Å². The summed E-state index contributed by atoms with van der Waals surface area (Å²) in [6.45, 7) is 10.5. The number of imidazole rings is 1. The highest BCUT2D eigenvalue weighted by Gasteiger charge is 2.20. The molecule has 4 aromatic rings. The Kier molecular flexibility index (Phi) is 3.35. The normalized spacial score (nSPS) is 12.2. The summed E-state index contributed by atoms with van der Waals surface area (Å²) in [4.78, 5) is 4.90. The van der Waals surface area contributed by atoms with Crippen LogP contribution in [0.4, 0.5) is 5.82 Å². The van der Waals surface area contributed by atoms with Crippen molar-refractivity contribution in [1.82, 2.24) is 14.5 Å². The zero-order valence-corrected chi connectivity index (χ0v) is 15.2. The minimum Gasteiger partial charge on any atom is -0.365 e. The van der Waals surface area contributed by atoms with E-state index in [1.54, 1.807) is 0 Å². The van der Waals surface area contributed by atoms with Crippen LogP contribution in [0.3, 0.4) is 0 Å². The lowest BCUT2D eigenvalue weighted by molar-refractivity contribution is 0.450. The molecule has 0 aliphatic rings. The van der Waals surface area contributed by atoms with Crippen molar-refractivity contribution in [3.05, 3.63) is 47.8 Å². The fourth-order valence-corrected chi connectivity index (χ4v) is 3.03. The fourth-order valence-electron chi connectivity index (χ4n) is 3.03. The standard InChI is InChI=1S/C20H22N4O/c1-12-8-9-24-17(10-12)21-18(19(24)22-20(3,4)5)14-6-7-16-15(11-14)13(2)23-25-16/h6-11,22H,1-5H3. The fraction of sp³-hybridized carbons (Fsp3) is 0.300. The highest BCUT2D eigenvalue weighted by Crippen LogP contribution is 2.33. The van der Waals surface area contributed by atoms with Crippen molar-refractivity contribution in [2.24, 2.45) is 0 Å². The average Bonchev–Trinajstić information content (AvgIpc) is 3.07. The number of nitrogens with zero attached hydrogens (tertiary/aromatic N) is 3. The zero-order chi connectivity index (χ0) is 17.8. The summed E-state index contributed by atoms with van der Waals surface area (Å²) in [6.07, 6.45) is 2.07. The van der Waals surface area contributed by atoms with Gasteiger partial charge in [-0.05, 0) is 70.5 Å². The summed E-state index contributed by atoms with van der Waals surface area (Å²) in [5.41, 5.74) is 5.72. The minimum absolute atomic E-state index is 0.0766. The third kappa shape index (κ3) is 2.76. The molecule has 1 N–H and O–H groups in total. The molecule has 1 aromatic carbocycles. The lowest BCUT2D eigenvalue weighted by Gasteiger charge is -2.22. The molecule has 0 fully saturated rings. The van der Waals surface area contributed by atoms with E-state index in [9.17, 15) is 0 Å². The van der Waals surface area contributed by atoms with E-state index in [0.717, 1.165) is 39.4 Å². The third-order valence-corrected chi connectivity index (χ3v) is 4.20. The molecule has 0 saturated heterocycles.